The zero-order chi connectivity index (χ0) is 15.2. The molecule has 1 aromatic heterocycles. The van der Waals surface area contributed by atoms with E-state index < -0.39 is 19.0 Å². The third-order valence-corrected chi connectivity index (χ3v) is 2.11. The monoisotopic (exact) mass is 297 g/mol. The van der Waals surface area contributed by atoms with Gasteiger partial charge in [0.2, 0.25) is 5.88 Å². The van der Waals surface area contributed by atoms with E-state index in [1.54, 1.807) is 0 Å². The van der Waals surface area contributed by atoms with E-state index in [1.165, 1.54) is 13.2 Å². The van der Waals surface area contributed by atoms with Gasteiger partial charge in [-0.15, -0.1) is 0 Å². The lowest BCUT2D eigenvalue weighted by Gasteiger charge is -2.16. The topological polar surface area (TPSA) is 56.3 Å². The van der Waals surface area contributed by atoms with Gasteiger partial charge < -0.3 is 14.8 Å². The molecule has 1 N–H and O–H groups in total. The number of rotatable bonds is 8. The van der Waals surface area contributed by atoms with Gasteiger partial charge in [0.15, 0.2) is 12.4 Å². The molecular weight excluding hydrogens is 282 g/mol. The maximum absolute atomic E-state index is 12.8. The molecular formula is C11H15F4N3O2. The van der Waals surface area contributed by atoms with Crippen LogP contribution in [0.3, 0.4) is 0 Å². The highest BCUT2D eigenvalue weighted by atomic mass is 19.3. The number of hydrogen-bond acceptors (Lipinski definition) is 5. The zero-order valence-corrected chi connectivity index (χ0v) is 11.0. The van der Waals surface area contributed by atoms with Gasteiger partial charge in [-0.1, -0.05) is 0 Å². The first-order chi connectivity index (χ1) is 9.39. The average Bonchev–Trinajstić information content (AvgIpc) is 2.37. The molecule has 0 unspecified atom stereocenters. The summed E-state index contributed by atoms with van der Waals surface area (Å²) in [6.07, 6.45) is -3.80. The van der Waals surface area contributed by atoms with Gasteiger partial charge in [0, 0.05) is 19.7 Å². The predicted octanol–water partition coefficient (Wildman–Crippen LogP) is 2.33. The molecule has 9 heteroatoms. The lowest BCUT2D eigenvalue weighted by Crippen LogP contribution is -2.34. The number of ether oxygens (including phenoxy) is 2. The van der Waals surface area contributed by atoms with Crippen molar-refractivity contribution in [1.82, 2.24) is 9.97 Å². The Morgan fingerprint density at radius 2 is 2.05 bits per heavy atom. The number of nitrogens with zero attached hydrogens (tertiary/aromatic N) is 2. The Hall–Kier alpha value is -1.64. The summed E-state index contributed by atoms with van der Waals surface area (Å²) in [4.78, 5) is 7.82. The first kappa shape index (κ1) is 16.4. The second-order valence-electron chi connectivity index (χ2n) is 3.82. The maximum atomic E-state index is 12.8. The maximum Gasteiger partial charge on any atom is 0.340 e. The van der Waals surface area contributed by atoms with Crippen molar-refractivity contribution < 1.29 is 27.0 Å². The lowest BCUT2D eigenvalue weighted by molar-refractivity contribution is -0.148. The third-order valence-electron chi connectivity index (χ3n) is 2.11. The van der Waals surface area contributed by atoms with Gasteiger partial charge in [-0.2, -0.15) is 13.8 Å². The van der Waals surface area contributed by atoms with Crippen LogP contribution < -0.4 is 10.1 Å². The van der Waals surface area contributed by atoms with Crippen molar-refractivity contribution in [3.63, 3.8) is 0 Å². The van der Waals surface area contributed by atoms with Gasteiger partial charge in [-0.25, -0.2) is 13.8 Å². The Bertz CT molecular complexity index is 408. The van der Waals surface area contributed by atoms with Crippen LogP contribution in [0.4, 0.5) is 23.4 Å². The number of methoxy groups -OCH3 is 1. The molecule has 0 aliphatic rings. The molecule has 0 fully saturated rings. The zero-order valence-electron chi connectivity index (χ0n) is 11.0. The van der Waals surface area contributed by atoms with E-state index in [0.29, 0.717) is 12.4 Å². The molecule has 0 bridgehead atoms. The normalized spacial score (nSPS) is 11.8. The molecule has 0 spiro atoms. The number of alkyl halides is 4. The van der Waals surface area contributed by atoms with Crippen LogP contribution in [0.2, 0.25) is 0 Å². The van der Waals surface area contributed by atoms with Gasteiger partial charge >= 0.3 is 12.3 Å². The first-order valence-corrected chi connectivity index (χ1v) is 5.78. The van der Waals surface area contributed by atoms with Gasteiger partial charge in [0.05, 0.1) is 0 Å². The van der Waals surface area contributed by atoms with E-state index in [-0.39, 0.29) is 18.3 Å². The number of aromatic nitrogens is 2. The average molecular weight is 297 g/mol. The highest BCUT2D eigenvalue weighted by Gasteiger charge is 2.41. The minimum absolute atomic E-state index is 0.0425. The van der Waals surface area contributed by atoms with Crippen LogP contribution in [-0.4, -0.2) is 42.6 Å². The molecule has 0 atom stereocenters. The molecule has 114 valence electrons. The van der Waals surface area contributed by atoms with E-state index in [4.69, 9.17) is 4.74 Å². The molecule has 0 aromatic carbocycles. The van der Waals surface area contributed by atoms with Crippen molar-refractivity contribution in [3.05, 3.63) is 11.9 Å². The van der Waals surface area contributed by atoms with Crippen molar-refractivity contribution >= 4 is 5.82 Å². The Morgan fingerprint density at radius 1 is 1.35 bits per heavy atom. The van der Waals surface area contributed by atoms with Gasteiger partial charge in [0.1, 0.15) is 12.4 Å². The SMILES string of the molecule is CCNc1cc(OCC(F)(F)C(F)F)nc(COC)n1. The standard InChI is InChI=1S/C11H15F4N3O2/c1-3-16-7-4-9(18-8(17-7)5-19-2)20-6-11(14,15)10(12)13/h4,10H,3,5-6H2,1-2H3,(H,16,17,18). The van der Waals surface area contributed by atoms with Gasteiger partial charge in [-0.3, -0.25) is 0 Å². The molecule has 20 heavy (non-hydrogen) atoms. The molecule has 1 aromatic rings. The smallest absolute Gasteiger partial charge is 0.340 e. The van der Waals surface area contributed by atoms with Crippen LogP contribution in [0.5, 0.6) is 5.88 Å². The summed E-state index contributed by atoms with van der Waals surface area (Å²) in [5.74, 6) is -3.92. The summed E-state index contributed by atoms with van der Waals surface area (Å²) in [6, 6.07) is 1.25. The van der Waals surface area contributed by atoms with Crippen molar-refractivity contribution in [2.24, 2.45) is 0 Å². The first-order valence-electron chi connectivity index (χ1n) is 5.78. The number of halogens is 4. The number of hydrogen-bond donors (Lipinski definition) is 1. The molecule has 1 heterocycles. The second kappa shape index (κ2) is 7.22. The van der Waals surface area contributed by atoms with E-state index >= 15 is 0 Å². The fourth-order valence-corrected chi connectivity index (χ4v) is 1.25. The Labute approximate surface area is 113 Å². The molecule has 1 rings (SSSR count). The minimum Gasteiger partial charge on any atom is -0.471 e. The van der Waals surface area contributed by atoms with Crippen molar-refractivity contribution in [2.75, 3.05) is 25.6 Å². The van der Waals surface area contributed by atoms with Crippen molar-refractivity contribution in [1.29, 1.82) is 0 Å². The highest BCUT2D eigenvalue weighted by Crippen LogP contribution is 2.24. The lowest BCUT2D eigenvalue weighted by atomic mass is 10.4. The van der Waals surface area contributed by atoms with Crippen LogP contribution in [0.25, 0.3) is 0 Å². The van der Waals surface area contributed by atoms with Crippen LogP contribution in [0.1, 0.15) is 12.7 Å². The highest BCUT2D eigenvalue weighted by molar-refractivity contribution is 5.38. The van der Waals surface area contributed by atoms with Crippen molar-refractivity contribution in [3.8, 4) is 5.88 Å². The number of anilines is 1. The van der Waals surface area contributed by atoms with Crippen LogP contribution in [0, 0.1) is 0 Å². The van der Waals surface area contributed by atoms with E-state index in [0.717, 1.165) is 0 Å². The predicted molar refractivity (Wildman–Crippen MR) is 63.4 cm³/mol. The largest absolute Gasteiger partial charge is 0.471 e. The van der Waals surface area contributed by atoms with Gasteiger partial charge in [0.25, 0.3) is 0 Å². The van der Waals surface area contributed by atoms with E-state index in [2.05, 4.69) is 20.0 Å². The second-order valence-corrected chi connectivity index (χ2v) is 3.82. The Morgan fingerprint density at radius 3 is 2.60 bits per heavy atom. The fraction of sp³-hybridized carbons (Fsp3) is 0.636. The number of nitrogens with one attached hydrogen (secondary N) is 1. The van der Waals surface area contributed by atoms with Crippen LogP contribution >= 0.6 is 0 Å². The Kier molecular flexibility index (Phi) is 5.93. The van der Waals surface area contributed by atoms with E-state index in [9.17, 15) is 17.6 Å². The summed E-state index contributed by atoms with van der Waals surface area (Å²) in [7, 11) is 1.41. The summed E-state index contributed by atoms with van der Waals surface area (Å²) in [6.45, 7) is 0.931. The summed E-state index contributed by atoms with van der Waals surface area (Å²) in [5.41, 5.74) is 0. The van der Waals surface area contributed by atoms with Crippen LogP contribution in [-0.2, 0) is 11.3 Å². The van der Waals surface area contributed by atoms with E-state index in [1.807, 2.05) is 6.92 Å². The molecule has 5 nitrogen and oxygen atoms in total. The van der Waals surface area contributed by atoms with Crippen molar-refractivity contribution in [2.45, 2.75) is 25.9 Å². The minimum atomic E-state index is -4.23. The third kappa shape index (κ3) is 4.80. The molecule has 0 aliphatic carbocycles. The fourth-order valence-electron chi connectivity index (χ4n) is 1.25. The van der Waals surface area contributed by atoms with Gasteiger partial charge in [-0.05, 0) is 6.92 Å². The molecule has 0 amide bonds. The summed E-state index contributed by atoms with van der Waals surface area (Å²) < 4.78 is 59.0. The summed E-state index contributed by atoms with van der Waals surface area (Å²) >= 11 is 0. The molecule has 0 saturated heterocycles. The molecule has 0 radical (unpaired) electrons. The molecule has 0 saturated carbocycles. The quantitative estimate of drug-likeness (QED) is 0.746. The molecule has 0 aliphatic heterocycles. The van der Waals surface area contributed by atoms with Crippen LogP contribution in [0.15, 0.2) is 6.07 Å². The summed E-state index contributed by atoms with van der Waals surface area (Å²) in [5, 5.41) is 2.84. The Balaban J connectivity index is 2.82.